The quantitative estimate of drug-likeness (QED) is 0.388. The summed E-state index contributed by atoms with van der Waals surface area (Å²) in [6.07, 6.45) is -6.46. The number of rotatable bonds is 6. The van der Waals surface area contributed by atoms with Crippen molar-refractivity contribution >= 4 is 0 Å². The molecule has 0 saturated carbocycles. The van der Waals surface area contributed by atoms with Gasteiger partial charge in [0.2, 0.25) is 12.2 Å². The van der Waals surface area contributed by atoms with E-state index in [-0.39, 0.29) is 11.7 Å². The van der Waals surface area contributed by atoms with Gasteiger partial charge in [-0.1, -0.05) is 36.4 Å². The lowest BCUT2D eigenvalue weighted by Gasteiger charge is -2.39. The van der Waals surface area contributed by atoms with Gasteiger partial charge in [0.25, 0.3) is 0 Å². The first-order chi connectivity index (χ1) is 15.4. The molecule has 1 fully saturated rings. The fourth-order valence-corrected chi connectivity index (χ4v) is 3.70. The van der Waals surface area contributed by atoms with Gasteiger partial charge >= 0.3 is 0 Å². The van der Waals surface area contributed by atoms with Gasteiger partial charge in [-0.25, -0.2) is 4.39 Å². The van der Waals surface area contributed by atoms with Crippen LogP contribution in [0.1, 0.15) is 16.8 Å². The molecule has 1 aliphatic rings. The third kappa shape index (κ3) is 4.52. The Hall–Kier alpha value is -2.82. The molecular weight excluding hydrogens is 419 g/mol. The van der Waals surface area contributed by atoms with Crippen molar-refractivity contribution in [1.82, 2.24) is 10.2 Å². The monoisotopic (exact) mass is 444 g/mol. The van der Waals surface area contributed by atoms with E-state index < -0.39 is 37.3 Å². The fraction of sp³-hybridized carbons (Fsp3) is 0.348. The summed E-state index contributed by atoms with van der Waals surface area (Å²) >= 11 is 0. The van der Waals surface area contributed by atoms with Crippen molar-refractivity contribution in [2.24, 2.45) is 0 Å². The van der Waals surface area contributed by atoms with Gasteiger partial charge in [0.05, 0.1) is 6.61 Å². The molecule has 4 rings (SSSR count). The molecule has 1 aliphatic heterocycles. The molecule has 2 aromatic carbocycles. The number of nitrogens with zero attached hydrogens (tertiary/aromatic N) is 1. The maximum absolute atomic E-state index is 13.5. The van der Waals surface area contributed by atoms with Crippen LogP contribution >= 0.6 is 0 Å². The van der Waals surface area contributed by atoms with E-state index in [0.29, 0.717) is 6.42 Å². The molecule has 0 spiro atoms. The molecule has 0 amide bonds. The topological polar surface area (TPSA) is 128 Å². The van der Waals surface area contributed by atoms with Crippen LogP contribution in [0.5, 0.6) is 5.88 Å². The Morgan fingerprint density at radius 2 is 1.78 bits per heavy atom. The average molecular weight is 444 g/mol. The highest BCUT2D eigenvalue weighted by molar-refractivity contribution is 5.63. The Labute approximate surface area is 183 Å². The van der Waals surface area contributed by atoms with Crippen LogP contribution in [0.15, 0.2) is 48.5 Å². The highest BCUT2D eigenvalue weighted by Gasteiger charge is 2.45. The predicted octanol–water partition coefficient (Wildman–Crippen LogP) is 1.29. The Morgan fingerprint density at radius 1 is 1.03 bits per heavy atom. The second-order valence-corrected chi connectivity index (χ2v) is 7.83. The zero-order valence-corrected chi connectivity index (χ0v) is 17.4. The highest BCUT2D eigenvalue weighted by Crippen LogP contribution is 2.29. The summed E-state index contributed by atoms with van der Waals surface area (Å²) in [7, 11) is 0. The molecule has 1 unspecified atom stereocenters. The number of aromatic nitrogens is 2. The number of benzene rings is 2. The van der Waals surface area contributed by atoms with Crippen LogP contribution in [-0.4, -0.2) is 67.9 Å². The Morgan fingerprint density at radius 3 is 2.47 bits per heavy atom. The standard InChI is InChI=1S/C23H25FN2O6/c1-12-17(9-13-5-7-14(8-6-13)15-3-2-4-16(24)10-15)22(26-25-12)32-23-21(30)20(29)19(28)18(11-27)31-23/h2-8,10,18-21,23,27-30H,9,11H2,1H3,(H,25,26)/t18-,19-,20+,21-,23?/m1/s1. The second-order valence-electron chi connectivity index (χ2n) is 7.83. The largest absolute Gasteiger partial charge is 0.443 e. The smallest absolute Gasteiger partial charge is 0.238 e. The third-order valence-electron chi connectivity index (χ3n) is 5.60. The summed E-state index contributed by atoms with van der Waals surface area (Å²) in [6.45, 7) is 1.28. The van der Waals surface area contributed by atoms with Crippen molar-refractivity contribution in [2.75, 3.05) is 6.61 Å². The number of aliphatic hydroxyl groups is 4. The molecule has 32 heavy (non-hydrogen) atoms. The van der Waals surface area contributed by atoms with Crippen LogP contribution < -0.4 is 4.74 Å². The normalized spacial score (nSPS) is 25.6. The van der Waals surface area contributed by atoms with Crippen LogP contribution in [0.3, 0.4) is 0 Å². The SMILES string of the molecule is Cc1[nH]nc(OC2O[C@H](CO)[C@@H](O)[C@H](O)[C@H]2O)c1Cc1ccc(-c2cccc(F)c2)cc1. The van der Waals surface area contributed by atoms with Gasteiger partial charge in [-0.3, -0.25) is 5.10 Å². The van der Waals surface area contributed by atoms with Crippen LogP contribution in [0.25, 0.3) is 11.1 Å². The van der Waals surface area contributed by atoms with Crippen LogP contribution in [0.4, 0.5) is 4.39 Å². The van der Waals surface area contributed by atoms with Crippen molar-refractivity contribution < 1.29 is 34.3 Å². The number of halogens is 1. The second kappa shape index (κ2) is 9.35. The van der Waals surface area contributed by atoms with Crippen molar-refractivity contribution in [3.05, 3.63) is 71.2 Å². The van der Waals surface area contributed by atoms with Gasteiger partial charge in [-0.05, 0) is 35.7 Å². The number of hydrogen-bond donors (Lipinski definition) is 5. The number of nitrogens with one attached hydrogen (secondary N) is 1. The lowest BCUT2D eigenvalue weighted by Crippen LogP contribution is -2.60. The summed E-state index contributed by atoms with van der Waals surface area (Å²) in [6, 6.07) is 14.0. The number of aromatic amines is 1. The summed E-state index contributed by atoms with van der Waals surface area (Å²) in [5.41, 5.74) is 4.09. The van der Waals surface area contributed by atoms with Gasteiger partial charge in [0.15, 0.2) is 0 Å². The predicted molar refractivity (Wildman–Crippen MR) is 112 cm³/mol. The molecule has 170 valence electrons. The number of hydrogen-bond acceptors (Lipinski definition) is 7. The number of ether oxygens (including phenoxy) is 2. The van der Waals surface area contributed by atoms with Crippen LogP contribution in [0.2, 0.25) is 0 Å². The average Bonchev–Trinajstić information content (AvgIpc) is 3.13. The van der Waals surface area contributed by atoms with Crippen LogP contribution in [-0.2, 0) is 11.2 Å². The van der Waals surface area contributed by atoms with E-state index in [1.54, 1.807) is 6.07 Å². The van der Waals surface area contributed by atoms with E-state index in [0.717, 1.165) is 27.9 Å². The molecule has 8 nitrogen and oxygen atoms in total. The first kappa shape index (κ1) is 22.4. The molecule has 0 radical (unpaired) electrons. The first-order valence-electron chi connectivity index (χ1n) is 10.2. The van der Waals surface area contributed by atoms with Gasteiger partial charge in [-0.15, -0.1) is 5.10 Å². The van der Waals surface area contributed by atoms with Gasteiger partial charge in [0.1, 0.15) is 30.2 Å². The molecule has 0 bridgehead atoms. The molecule has 5 atom stereocenters. The number of aryl methyl sites for hydroxylation is 1. The van der Waals surface area contributed by atoms with E-state index in [4.69, 9.17) is 9.47 Å². The fourth-order valence-electron chi connectivity index (χ4n) is 3.70. The zero-order valence-electron chi connectivity index (χ0n) is 17.4. The Kier molecular flexibility index (Phi) is 6.54. The van der Waals surface area contributed by atoms with Crippen molar-refractivity contribution in [3.8, 4) is 17.0 Å². The molecule has 2 heterocycles. The first-order valence-corrected chi connectivity index (χ1v) is 10.2. The van der Waals surface area contributed by atoms with Crippen LogP contribution in [0, 0.1) is 12.7 Å². The number of aliphatic hydroxyl groups excluding tert-OH is 4. The lowest BCUT2D eigenvalue weighted by atomic mass is 9.99. The van der Waals surface area contributed by atoms with E-state index in [9.17, 15) is 24.8 Å². The minimum absolute atomic E-state index is 0.182. The van der Waals surface area contributed by atoms with Gasteiger partial charge in [0, 0.05) is 17.7 Å². The molecule has 3 aromatic rings. The maximum atomic E-state index is 13.5. The zero-order chi connectivity index (χ0) is 22.8. The van der Waals surface area contributed by atoms with Gasteiger partial charge < -0.3 is 29.9 Å². The molecule has 1 aromatic heterocycles. The molecule has 0 aliphatic carbocycles. The van der Waals surface area contributed by atoms with E-state index in [2.05, 4.69) is 10.2 Å². The maximum Gasteiger partial charge on any atom is 0.238 e. The van der Waals surface area contributed by atoms with Crippen molar-refractivity contribution in [3.63, 3.8) is 0 Å². The third-order valence-corrected chi connectivity index (χ3v) is 5.60. The summed E-state index contributed by atoms with van der Waals surface area (Å²) in [5, 5.41) is 46.4. The van der Waals surface area contributed by atoms with E-state index in [1.165, 1.54) is 12.1 Å². The molecule has 5 N–H and O–H groups in total. The molecule has 1 saturated heterocycles. The lowest BCUT2D eigenvalue weighted by molar-refractivity contribution is -0.278. The van der Waals surface area contributed by atoms with Gasteiger partial charge in [-0.2, -0.15) is 0 Å². The van der Waals surface area contributed by atoms with E-state index in [1.807, 2.05) is 37.3 Å². The number of H-pyrrole nitrogens is 1. The molecule has 9 heteroatoms. The van der Waals surface area contributed by atoms with Crippen molar-refractivity contribution in [2.45, 2.75) is 44.1 Å². The highest BCUT2D eigenvalue weighted by atomic mass is 19.1. The van der Waals surface area contributed by atoms with E-state index >= 15 is 0 Å². The molecular formula is C23H25FN2O6. The van der Waals surface area contributed by atoms with Crippen molar-refractivity contribution in [1.29, 1.82) is 0 Å². The minimum Gasteiger partial charge on any atom is -0.443 e. The Balaban J connectivity index is 1.51. The summed E-state index contributed by atoms with van der Waals surface area (Å²) < 4.78 is 24.6. The minimum atomic E-state index is -1.54. The summed E-state index contributed by atoms with van der Waals surface area (Å²) in [5.74, 6) is -0.114. The Bertz CT molecular complexity index is 1050. The summed E-state index contributed by atoms with van der Waals surface area (Å²) in [4.78, 5) is 0.